The first-order valence-electron chi connectivity index (χ1n) is 11.3. The number of ether oxygens (including phenoxy) is 2. The summed E-state index contributed by atoms with van der Waals surface area (Å²) in [5, 5.41) is 28.5. The van der Waals surface area contributed by atoms with Gasteiger partial charge in [-0.05, 0) is 60.4 Å². The number of aliphatic hydroxyl groups excluding tert-OH is 2. The molecule has 2 aliphatic rings. The third-order valence-electron chi connectivity index (χ3n) is 6.30. The standard InChI is InChI=1S/C25H29ClN2O6/c1-14(28-33-13-16-3-4-16)17-7-5-15(6-8-17)11-19-12-18(9-10-20(19)26)24-23(30)22(29)21(27-31)25(32-2)34-24/h5-10,12,16,21-25,29-30H,3-4,11,13H2,1-2H3/b28-14+/t21-,22-,23+,24-,25?/m0/s1. The van der Waals surface area contributed by atoms with Crippen LogP contribution in [0.15, 0.2) is 52.8 Å². The van der Waals surface area contributed by atoms with E-state index < -0.39 is 30.6 Å². The molecule has 0 amide bonds. The molecule has 4 rings (SSSR count). The van der Waals surface area contributed by atoms with Gasteiger partial charge in [-0.15, -0.1) is 0 Å². The number of halogens is 1. The molecule has 2 aromatic carbocycles. The summed E-state index contributed by atoms with van der Waals surface area (Å²) in [7, 11) is 1.35. The van der Waals surface area contributed by atoms with Crippen molar-refractivity contribution < 1.29 is 24.5 Å². The number of hydrogen-bond donors (Lipinski definition) is 2. The molecule has 34 heavy (non-hydrogen) atoms. The Morgan fingerprint density at radius 3 is 2.53 bits per heavy atom. The smallest absolute Gasteiger partial charge is 0.186 e. The Morgan fingerprint density at radius 2 is 1.88 bits per heavy atom. The van der Waals surface area contributed by atoms with Crippen molar-refractivity contribution in [2.45, 2.75) is 56.8 Å². The third-order valence-corrected chi connectivity index (χ3v) is 6.67. The van der Waals surface area contributed by atoms with E-state index in [9.17, 15) is 15.1 Å². The molecule has 1 aliphatic carbocycles. The van der Waals surface area contributed by atoms with Crippen LogP contribution < -0.4 is 0 Å². The Morgan fingerprint density at radius 1 is 1.15 bits per heavy atom. The normalized spacial score (nSPS) is 27.4. The second kappa shape index (κ2) is 10.9. The van der Waals surface area contributed by atoms with E-state index in [-0.39, 0.29) is 0 Å². The zero-order valence-corrected chi connectivity index (χ0v) is 19.9. The number of methoxy groups -OCH3 is 1. The Balaban J connectivity index is 1.47. The molecule has 0 spiro atoms. The highest BCUT2D eigenvalue weighted by Gasteiger charge is 2.46. The summed E-state index contributed by atoms with van der Waals surface area (Å²) in [6.45, 7) is 2.60. The molecule has 2 N–H and O–H groups in total. The number of nitroso groups, excluding NO2 is 1. The van der Waals surface area contributed by atoms with Gasteiger partial charge in [-0.2, -0.15) is 4.91 Å². The number of nitrogens with zero attached hydrogens (tertiary/aromatic N) is 2. The molecular weight excluding hydrogens is 460 g/mol. The first kappa shape index (κ1) is 24.8. The third kappa shape index (κ3) is 5.64. The molecule has 0 aromatic heterocycles. The van der Waals surface area contributed by atoms with Crippen molar-refractivity contribution in [2.75, 3.05) is 13.7 Å². The van der Waals surface area contributed by atoms with Crippen LogP contribution in [0.2, 0.25) is 5.02 Å². The van der Waals surface area contributed by atoms with Crippen LogP contribution in [0.5, 0.6) is 0 Å². The van der Waals surface area contributed by atoms with E-state index in [2.05, 4.69) is 10.3 Å². The zero-order valence-electron chi connectivity index (χ0n) is 19.1. The van der Waals surface area contributed by atoms with Crippen LogP contribution in [-0.2, 0) is 20.7 Å². The van der Waals surface area contributed by atoms with Gasteiger partial charge in [-0.3, -0.25) is 0 Å². The van der Waals surface area contributed by atoms with E-state index in [0.717, 1.165) is 22.4 Å². The molecule has 1 unspecified atom stereocenters. The number of benzene rings is 2. The minimum atomic E-state index is -1.41. The number of rotatable bonds is 9. The topological polar surface area (TPSA) is 110 Å². The number of aliphatic hydroxyl groups is 2. The lowest BCUT2D eigenvalue weighted by Crippen LogP contribution is -2.53. The minimum Gasteiger partial charge on any atom is -0.395 e. The maximum absolute atomic E-state index is 11.1. The summed E-state index contributed by atoms with van der Waals surface area (Å²) in [5.41, 5.74) is 4.30. The molecule has 1 aliphatic heterocycles. The van der Waals surface area contributed by atoms with Crippen LogP contribution in [0.3, 0.4) is 0 Å². The summed E-state index contributed by atoms with van der Waals surface area (Å²) in [6.07, 6.45) is -1.71. The summed E-state index contributed by atoms with van der Waals surface area (Å²) in [4.78, 5) is 16.5. The van der Waals surface area contributed by atoms with Crippen molar-refractivity contribution in [3.63, 3.8) is 0 Å². The Kier molecular flexibility index (Phi) is 7.95. The van der Waals surface area contributed by atoms with E-state index >= 15 is 0 Å². The summed E-state index contributed by atoms with van der Waals surface area (Å²) in [5.74, 6) is 0.659. The fourth-order valence-corrected chi connectivity index (χ4v) is 4.18. The van der Waals surface area contributed by atoms with Gasteiger partial charge in [-0.1, -0.05) is 58.3 Å². The fraction of sp³-hybridized carbons (Fsp3) is 0.480. The summed E-state index contributed by atoms with van der Waals surface area (Å²) in [6, 6.07) is 12.1. The van der Waals surface area contributed by atoms with Gasteiger partial charge >= 0.3 is 0 Å². The van der Waals surface area contributed by atoms with Gasteiger partial charge in [0, 0.05) is 12.1 Å². The van der Waals surface area contributed by atoms with Crippen LogP contribution in [-0.4, -0.2) is 54.2 Å². The highest BCUT2D eigenvalue weighted by Crippen LogP contribution is 2.35. The second-order valence-corrected chi connectivity index (χ2v) is 9.29. The van der Waals surface area contributed by atoms with E-state index in [1.807, 2.05) is 37.3 Å². The summed E-state index contributed by atoms with van der Waals surface area (Å²) >= 11 is 6.45. The van der Waals surface area contributed by atoms with Gasteiger partial charge in [0.05, 0.1) is 5.71 Å². The number of oxime groups is 1. The maximum atomic E-state index is 11.1. The van der Waals surface area contributed by atoms with Gasteiger partial charge in [0.2, 0.25) is 0 Å². The average molecular weight is 489 g/mol. The van der Waals surface area contributed by atoms with Gasteiger partial charge in [0.1, 0.15) is 24.9 Å². The minimum absolute atomic E-state index is 0.554. The molecule has 0 radical (unpaired) electrons. The van der Waals surface area contributed by atoms with Gasteiger partial charge in [-0.25, -0.2) is 0 Å². The predicted molar refractivity (Wildman–Crippen MR) is 128 cm³/mol. The van der Waals surface area contributed by atoms with Gasteiger partial charge in [0.25, 0.3) is 0 Å². The van der Waals surface area contributed by atoms with E-state index in [0.29, 0.717) is 29.5 Å². The summed E-state index contributed by atoms with van der Waals surface area (Å²) < 4.78 is 10.9. The van der Waals surface area contributed by atoms with Gasteiger partial charge < -0.3 is 24.5 Å². The van der Waals surface area contributed by atoms with Crippen molar-refractivity contribution in [1.29, 1.82) is 0 Å². The fourth-order valence-electron chi connectivity index (χ4n) is 4.00. The average Bonchev–Trinajstić information content (AvgIpc) is 3.67. The van der Waals surface area contributed by atoms with Crippen LogP contribution in [0, 0.1) is 10.8 Å². The van der Waals surface area contributed by atoms with Crippen LogP contribution in [0.25, 0.3) is 0 Å². The Labute approximate surface area is 203 Å². The molecule has 0 bridgehead atoms. The van der Waals surface area contributed by atoms with Crippen molar-refractivity contribution >= 4 is 17.3 Å². The van der Waals surface area contributed by atoms with Crippen molar-refractivity contribution in [3.05, 3.63) is 74.6 Å². The van der Waals surface area contributed by atoms with Crippen LogP contribution in [0.1, 0.15) is 48.1 Å². The quantitative estimate of drug-likeness (QED) is 0.314. The molecule has 2 fully saturated rings. The Hall–Kier alpha value is -2.36. The van der Waals surface area contributed by atoms with E-state index in [1.54, 1.807) is 12.1 Å². The molecule has 182 valence electrons. The molecule has 1 saturated heterocycles. The number of hydrogen-bond acceptors (Lipinski definition) is 8. The van der Waals surface area contributed by atoms with Crippen LogP contribution in [0.4, 0.5) is 0 Å². The predicted octanol–water partition coefficient (Wildman–Crippen LogP) is 3.98. The van der Waals surface area contributed by atoms with Crippen molar-refractivity contribution in [2.24, 2.45) is 16.3 Å². The highest BCUT2D eigenvalue weighted by atomic mass is 35.5. The monoisotopic (exact) mass is 488 g/mol. The first-order valence-corrected chi connectivity index (χ1v) is 11.7. The molecule has 8 nitrogen and oxygen atoms in total. The molecule has 9 heteroatoms. The van der Waals surface area contributed by atoms with E-state index in [4.69, 9.17) is 25.9 Å². The molecule has 5 atom stereocenters. The molecule has 1 saturated carbocycles. The maximum Gasteiger partial charge on any atom is 0.186 e. The highest BCUT2D eigenvalue weighted by molar-refractivity contribution is 6.31. The molecule has 1 heterocycles. The second-order valence-electron chi connectivity index (χ2n) is 8.88. The molecule has 2 aromatic rings. The van der Waals surface area contributed by atoms with Crippen molar-refractivity contribution in [3.8, 4) is 0 Å². The largest absolute Gasteiger partial charge is 0.395 e. The SMILES string of the molecule is COC1O[C@@H](c2ccc(Cl)c(Cc3ccc(/C(C)=N/OCC4CC4)cc3)c2)[C@H](O)[C@@H](O)[C@@H]1N=O. The lowest BCUT2D eigenvalue weighted by Gasteiger charge is -2.39. The lowest BCUT2D eigenvalue weighted by molar-refractivity contribution is -0.254. The lowest BCUT2D eigenvalue weighted by atomic mass is 9.91. The van der Waals surface area contributed by atoms with Gasteiger partial charge in [0.15, 0.2) is 12.3 Å². The first-order chi connectivity index (χ1) is 16.4. The van der Waals surface area contributed by atoms with Crippen LogP contribution >= 0.6 is 11.6 Å². The molecular formula is C25H29ClN2O6. The Bertz CT molecular complexity index is 1020. The van der Waals surface area contributed by atoms with E-state index in [1.165, 1.54) is 20.0 Å². The zero-order chi connectivity index (χ0) is 24.2. The van der Waals surface area contributed by atoms with Crippen molar-refractivity contribution in [1.82, 2.24) is 0 Å².